The van der Waals surface area contributed by atoms with Gasteiger partial charge in [-0.2, -0.15) is 0 Å². The van der Waals surface area contributed by atoms with E-state index in [1.807, 2.05) is 6.92 Å². The first-order chi connectivity index (χ1) is 10.8. The Morgan fingerprint density at radius 2 is 1.91 bits per heavy atom. The van der Waals surface area contributed by atoms with E-state index >= 15 is 0 Å². The van der Waals surface area contributed by atoms with Gasteiger partial charge in [-0.15, -0.1) is 0 Å². The third-order valence-corrected chi connectivity index (χ3v) is 4.17. The first kappa shape index (κ1) is 15.8. The van der Waals surface area contributed by atoms with Crippen LogP contribution in [0.5, 0.6) is 0 Å². The highest BCUT2D eigenvalue weighted by atomic mass is 35.5. The second-order valence-corrected chi connectivity index (χ2v) is 5.78. The van der Waals surface area contributed by atoms with Crippen LogP contribution >= 0.6 is 0 Å². The van der Waals surface area contributed by atoms with Crippen LogP contribution in [0.25, 0.3) is 11.8 Å². The molecule has 0 bridgehead atoms. The van der Waals surface area contributed by atoms with Crippen LogP contribution in [0.1, 0.15) is 36.5 Å². The van der Waals surface area contributed by atoms with Gasteiger partial charge in [-0.25, -0.2) is 15.0 Å². The molecule has 0 aliphatic carbocycles. The lowest BCUT2D eigenvalue weighted by molar-refractivity contribution is -0.465. The molecule has 0 spiro atoms. The van der Waals surface area contributed by atoms with Crippen LogP contribution in [0.2, 0.25) is 0 Å². The zero-order valence-corrected chi connectivity index (χ0v) is 13.8. The van der Waals surface area contributed by atoms with Crippen molar-refractivity contribution in [1.29, 1.82) is 0 Å². The van der Waals surface area contributed by atoms with Gasteiger partial charge in [-0.3, -0.25) is 10.3 Å². The summed E-state index contributed by atoms with van der Waals surface area (Å²) in [7, 11) is 0. The predicted molar refractivity (Wildman–Crippen MR) is 84.3 cm³/mol. The summed E-state index contributed by atoms with van der Waals surface area (Å²) >= 11 is 0. The first-order valence-electron chi connectivity index (χ1n) is 7.78. The Morgan fingerprint density at radius 1 is 1.09 bits per heavy atom. The van der Waals surface area contributed by atoms with Crippen LogP contribution in [0.4, 0.5) is 11.5 Å². The Hall–Kier alpha value is -2.05. The SMILES string of the molecule is Cc1nc2c(c(N3CCCCC3)n1)[NH2+]C(c1cnccn1)=C2.[Cl-]. The highest BCUT2D eigenvalue weighted by molar-refractivity contribution is 5.84. The molecule has 4 rings (SSSR count). The number of aryl methyl sites for hydroxylation is 1. The summed E-state index contributed by atoms with van der Waals surface area (Å²) < 4.78 is 0. The van der Waals surface area contributed by atoms with Crippen LogP contribution in [0.3, 0.4) is 0 Å². The van der Waals surface area contributed by atoms with Gasteiger partial charge in [0.1, 0.15) is 17.2 Å². The Bertz CT molecular complexity index is 725. The molecule has 1 fully saturated rings. The minimum Gasteiger partial charge on any atom is -1.00 e. The number of piperidine rings is 1. The molecule has 0 radical (unpaired) electrons. The largest absolute Gasteiger partial charge is 1.00 e. The molecule has 0 aromatic carbocycles. The molecule has 0 amide bonds. The van der Waals surface area contributed by atoms with E-state index in [1.54, 1.807) is 18.6 Å². The quantitative estimate of drug-likeness (QED) is 0.709. The number of halogens is 1. The van der Waals surface area contributed by atoms with Gasteiger partial charge in [0.2, 0.25) is 5.69 Å². The molecule has 0 unspecified atom stereocenters. The van der Waals surface area contributed by atoms with Gasteiger partial charge in [0.25, 0.3) is 0 Å². The van der Waals surface area contributed by atoms with E-state index in [2.05, 4.69) is 31.2 Å². The number of hydrogen-bond acceptors (Lipinski definition) is 5. The van der Waals surface area contributed by atoms with Crippen molar-refractivity contribution in [2.24, 2.45) is 0 Å². The predicted octanol–water partition coefficient (Wildman–Crippen LogP) is -1.72. The van der Waals surface area contributed by atoms with Crippen LogP contribution in [-0.2, 0) is 0 Å². The number of fused-ring (bicyclic) bond motifs is 1. The third-order valence-electron chi connectivity index (χ3n) is 4.17. The van der Waals surface area contributed by atoms with Crippen LogP contribution in [0, 0.1) is 6.92 Å². The molecule has 120 valence electrons. The standard InChI is InChI=1S/C16H18N6.ClH/c1-11-19-13-9-12(14-10-17-5-6-18-14)21-15(13)16(20-11)22-7-3-2-4-8-22;/h5-6,9-10,21H,2-4,7-8H2,1H3;1H. The van der Waals surface area contributed by atoms with E-state index in [-0.39, 0.29) is 12.4 Å². The second kappa shape index (κ2) is 6.60. The molecule has 2 aliphatic rings. The number of anilines is 1. The van der Waals surface area contributed by atoms with Gasteiger partial charge >= 0.3 is 0 Å². The summed E-state index contributed by atoms with van der Waals surface area (Å²) in [6.45, 7) is 4.12. The fourth-order valence-corrected chi connectivity index (χ4v) is 3.12. The molecule has 23 heavy (non-hydrogen) atoms. The normalized spacial score (nSPS) is 16.6. The smallest absolute Gasteiger partial charge is 0.203 e. The zero-order valence-electron chi connectivity index (χ0n) is 13.0. The average molecular weight is 331 g/mol. The molecule has 7 heteroatoms. The summed E-state index contributed by atoms with van der Waals surface area (Å²) in [6.07, 6.45) is 11.1. The summed E-state index contributed by atoms with van der Waals surface area (Å²) in [5.41, 5.74) is 4.05. The Balaban J connectivity index is 0.00000156. The number of nitrogens with zero attached hydrogens (tertiary/aromatic N) is 5. The lowest BCUT2D eigenvalue weighted by atomic mass is 10.1. The topological polar surface area (TPSA) is 71.4 Å². The highest BCUT2D eigenvalue weighted by Crippen LogP contribution is 2.30. The fraction of sp³-hybridized carbons (Fsp3) is 0.375. The van der Waals surface area contributed by atoms with Crippen molar-refractivity contribution >= 4 is 23.3 Å². The van der Waals surface area contributed by atoms with Gasteiger partial charge in [-0.05, 0) is 26.2 Å². The molecule has 2 aromatic heterocycles. The molecule has 2 aliphatic heterocycles. The van der Waals surface area contributed by atoms with Gasteiger partial charge in [-0.1, -0.05) is 0 Å². The van der Waals surface area contributed by atoms with Crippen molar-refractivity contribution in [3.05, 3.63) is 35.8 Å². The zero-order chi connectivity index (χ0) is 14.9. The number of rotatable bonds is 2. The lowest BCUT2D eigenvalue weighted by Crippen LogP contribution is -3.00. The molecule has 6 nitrogen and oxygen atoms in total. The Labute approximate surface area is 141 Å². The van der Waals surface area contributed by atoms with Crippen LogP contribution in [-0.4, -0.2) is 33.0 Å². The maximum absolute atomic E-state index is 4.71. The van der Waals surface area contributed by atoms with E-state index in [9.17, 15) is 0 Å². The molecule has 4 heterocycles. The van der Waals surface area contributed by atoms with Crippen molar-refractivity contribution in [3.8, 4) is 0 Å². The number of nitrogens with two attached hydrogens (primary N) is 1. The van der Waals surface area contributed by atoms with E-state index < -0.39 is 0 Å². The van der Waals surface area contributed by atoms with Crippen molar-refractivity contribution in [1.82, 2.24) is 19.9 Å². The Kier molecular flexibility index (Phi) is 4.54. The van der Waals surface area contributed by atoms with Crippen molar-refractivity contribution in [2.75, 3.05) is 18.0 Å². The maximum atomic E-state index is 4.71. The van der Waals surface area contributed by atoms with Gasteiger partial charge in [0, 0.05) is 31.6 Å². The minimum absolute atomic E-state index is 0. The third kappa shape index (κ3) is 3.04. The fourth-order valence-electron chi connectivity index (χ4n) is 3.12. The summed E-state index contributed by atoms with van der Waals surface area (Å²) in [6, 6.07) is 0. The van der Waals surface area contributed by atoms with Crippen LogP contribution < -0.4 is 22.6 Å². The van der Waals surface area contributed by atoms with Crippen molar-refractivity contribution in [2.45, 2.75) is 26.2 Å². The summed E-state index contributed by atoms with van der Waals surface area (Å²) in [5, 5.41) is 2.14. The van der Waals surface area contributed by atoms with Crippen molar-refractivity contribution in [3.63, 3.8) is 0 Å². The molecule has 2 aromatic rings. The molecule has 0 saturated carbocycles. The summed E-state index contributed by atoms with van der Waals surface area (Å²) in [4.78, 5) is 20.2. The molecule has 1 saturated heterocycles. The van der Waals surface area contributed by atoms with Gasteiger partial charge in [0.15, 0.2) is 11.5 Å². The van der Waals surface area contributed by atoms with E-state index in [0.29, 0.717) is 0 Å². The van der Waals surface area contributed by atoms with Crippen LogP contribution in [0.15, 0.2) is 18.6 Å². The minimum atomic E-state index is 0. The maximum Gasteiger partial charge on any atom is 0.203 e. The molecule has 0 atom stereocenters. The monoisotopic (exact) mass is 330 g/mol. The van der Waals surface area contributed by atoms with E-state index in [4.69, 9.17) is 4.98 Å². The Morgan fingerprint density at radius 3 is 2.65 bits per heavy atom. The average Bonchev–Trinajstić information content (AvgIpc) is 2.99. The van der Waals surface area contributed by atoms with E-state index in [0.717, 1.165) is 47.5 Å². The number of quaternary nitrogens is 1. The molecular formula is C16H19ClN6. The number of hydrogen-bond donors (Lipinski definition) is 1. The second-order valence-electron chi connectivity index (χ2n) is 5.78. The lowest BCUT2D eigenvalue weighted by Gasteiger charge is -2.28. The van der Waals surface area contributed by atoms with E-state index in [1.165, 1.54) is 19.3 Å². The van der Waals surface area contributed by atoms with Gasteiger partial charge < -0.3 is 17.3 Å². The van der Waals surface area contributed by atoms with Gasteiger partial charge in [0.05, 0.1) is 6.20 Å². The highest BCUT2D eigenvalue weighted by Gasteiger charge is 2.29. The molecular weight excluding hydrogens is 312 g/mol. The van der Waals surface area contributed by atoms with Crippen molar-refractivity contribution < 1.29 is 17.7 Å². The first-order valence-corrected chi connectivity index (χ1v) is 7.78. The summed E-state index contributed by atoms with van der Waals surface area (Å²) in [5.74, 6) is 1.89. The molecule has 2 N–H and O–H groups in total. The number of aromatic nitrogens is 4.